The van der Waals surface area contributed by atoms with Crippen LogP contribution in [0.2, 0.25) is 0 Å². The molecule has 1 aromatic rings. The number of aliphatic hydroxyl groups excluding tert-OH is 3. The van der Waals surface area contributed by atoms with Gasteiger partial charge in [-0.25, -0.2) is 0 Å². The Morgan fingerprint density at radius 3 is 2.06 bits per heavy atom. The van der Waals surface area contributed by atoms with Crippen molar-refractivity contribution in [3.05, 3.63) is 35.4 Å². The second-order valence-electron chi connectivity index (χ2n) is 4.04. The van der Waals surface area contributed by atoms with E-state index in [9.17, 15) is 0 Å². The average Bonchev–Trinajstić information content (AvgIpc) is 2.31. The largest absolute Gasteiger partial charge is 0.396 e. The van der Waals surface area contributed by atoms with Gasteiger partial charge < -0.3 is 15.3 Å². The quantitative estimate of drug-likeness (QED) is 0.649. The predicted octanol–water partition coefficient (Wildman–Crippen LogP) is 1.42. The summed E-state index contributed by atoms with van der Waals surface area (Å²) >= 11 is 6.50. The molecule has 4 heteroatoms. The SMILES string of the molecule is OCCc1ccccc1C(Cl)(CCO)CCO. The third-order valence-corrected chi connectivity index (χ3v) is 3.48. The highest BCUT2D eigenvalue weighted by Gasteiger charge is 2.30. The first kappa shape index (κ1) is 14.5. The van der Waals surface area contributed by atoms with E-state index in [-0.39, 0.29) is 19.8 Å². The van der Waals surface area contributed by atoms with Gasteiger partial charge in [-0.3, -0.25) is 0 Å². The van der Waals surface area contributed by atoms with Crippen molar-refractivity contribution in [2.24, 2.45) is 0 Å². The standard InChI is InChI=1S/C13H19ClO3/c14-13(6-9-16,7-10-17)12-4-2-1-3-11(12)5-8-15/h1-4,15-17H,5-10H2. The van der Waals surface area contributed by atoms with E-state index in [0.29, 0.717) is 19.3 Å². The molecule has 1 rings (SSSR count). The zero-order valence-corrected chi connectivity index (χ0v) is 10.5. The monoisotopic (exact) mass is 258 g/mol. The highest BCUT2D eigenvalue weighted by Crippen LogP contribution is 2.38. The first-order chi connectivity index (χ1) is 8.18. The maximum atomic E-state index is 9.10. The van der Waals surface area contributed by atoms with E-state index in [1.54, 1.807) is 0 Å². The summed E-state index contributed by atoms with van der Waals surface area (Å²) in [6, 6.07) is 7.58. The molecule has 0 bridgehead atoms. The Hall–Kier alpha value is -0.610. The lowest BCUT2D eigenvalue weighted by atomic mass is 9.87. The molecule has 3 nitrogen and oxygen atoms in total. The second-order valence-corrected chi connectivity index (χ2v) is 4.77. The van der Waals surface area contributed by atoms with E-state index < -0.39 is 4.87 Å². The molecule has 96 valence electrons. The number of benzene rings is 1. The van der Waals surface area contributed by atoms with Crippen LogP contribution in [0.4, 0.5) is 0 Å². The van der Waals surface area contributed by atoms with Gasteiger partial charge in [-0.05, 0) is 30.4 Å². The number of rotatable bonds is 7. The van der Waals surface area contributed by atoms with Gasteiger partial charge in [-0.2, -0.15) is 0 Å². The fourth-order valence-electron chi connectivity index (χ4n) is 2.04. The molecule has 0 fully saturated rings. The minimum atomic E-state index is -0.755. The topological polar surface area (TPSA) is 60.7 Å². The van der Waals surface area contributed by atoms with Crippen molar-refractivity contribution in [3.8, 4) is 0 Å². The summed E-state index contributed by atoms with van der Waals surface area (Å²) in [4.78, 5) is -0.755. The molecule has 0 spiro atoms. The Morgan fingerprint density at radius 1 is 0.941 bits per heavy atom. The van der Waals surface area contributed by atoms with Crippen LogP contribution in [0.3, 0.4) is 0 Å². The molecule has 3 N–H and O–H groups in total. The maximum absolute atomic E-state index is 9.10. The minimum Gasteiger partial charge on any atom is -0.396 e. The van der Waals surface area contributed by atoms with Gasteiger partial charge in [0.2, 0.25) is 0 Å². The molecule has 17 heavy (non-hydrogen) atoms. The van der Waals surface area contributed by atoms with Crippen molar-refractivity contribution in [2.75, 3.05) is 19.8 Å². The van der Waals surface area contributed by atoms with Gasteiger partial charge in [0.05, 0.1) is 4.87 Å². The summed E-state index contributed by atoms with van der Waals surface area (Å²) in [7, 11) is 0. The number of halogens is 1. The van der Waals surface area contributed by atoms with Crippen LogP contribution in [0.5, 0.6) is 0 Å². The summed E-state index contributed by atoms with van der Waals surface area (Å²) in [6.45, 7) is -0.00382. The molecule has 0 aliphatic heterocycles. The van der Waals surface area contributed by atoms with E-state index in [2.05, 4.69) is 0 Å². The van der Waals surface area contributed by atoms with Gasteiger partial charge in [0, 0.05) is 19.8 Å². The van der Waals surface area contributed by atoms with Crippen LogP contribution in [-0.2, 0) is 11.3 Å². The third-order valence-electron chi connectivity index (χ3n) is 2.90. The van der Waals surface area contributed by atoms with Gasteiger partial charge in [0.15, 0.2) is 0 Å². The Bertz CT molecular complexity index is 335. The van der Waals surface area contributed by atoms with Crippen molar-refractivity contribution >= 4 is 11.6 Å². The van der Waals surface area contributed by atoms with Gasteiger partial charge in [-0.15, -0.1) is 11.6 Å². The number of hydrogen-bond donors (Lipinski definition) is 3. The number of alkyl halides is 1. The molecule has 0 heterocycles. The molecule has 0 aliphatic carbocycles. The fourth-order valence-corrected chi connectivity index (χ4v) is 2.40. The smallest absolute Gasteiger partial charge is 0.0741 e. The first-order valence-electron chi connectivity index (χ1n) is 5.78. The van der Waals surface area contributed by atoms with Crippen LogP contribution in [0.15, 0.2) is 24.3 Å². The van der Waals surface area contributed by atoms with E-state index >= 15 is 0 Å². The van der Waals surface area contributed by atoms with Crippen LogP contribution in [0.25, 0.3) is 0 Å². The van der Waals surface area contributed by atoms with Crippen molar-refractivity contribution in [3.63, 3.8) is 0 Å². The molecule has 0 aliphatic rings. The zero-order valence-electron chi connectivity index (χ0n) is 9.77. The predicted molar refractivity (Wildman–Crippen MR) is 68.2 cm³/mol. The third kappa shape index (κ3) is 3.68. The Morgan fingerprint density at radius 2 is 1.53 bits per heavy atom. The van der Waals surface area contributed by atoms with E-state index in [0.717, 1.165) is 11.1 Å². The molecule has 0 atom stereocenters. The average molecular weight is 259 g/mol. The molecule has 0 saturated carbocycles. The molecule has 0 saturated heterocycles. The summed E-state index contributed by atoms with van der Waals surface area (Å²) in [5.74, 6) is 0. The molecule has 0 radical (unpaired) electrons. The van der Waals surface area contributed by atoms with Crippen molar-refractivity contribution < 1.29 is 15.3 Å². The summed E-state index contributed by atoms with van der Waals surface area (Å²) in [5.41, 5.74) is 1.85. The van der Waals surface area contributed by atoms with Gasteiger partial charge in [0.1, 0.15) is 0 Å². The number of aliphatic hydroxyl groups is 3. The summed E-state index contributed by atoms with van der Waals surface area (Å²) < 4.78 is 0. The van der Waals surface area contributed by atoms with Crippen LogP contribution < -0.4 is 0 Å². The zero-order chi connectivity index (χ0) is 12.7. The summed E-state index contributed by atoms with van der Waals surface area (Å²) in [5, 5.41) is 27.2. The van der Waals surface area contributed by atoms with Crippen molar-refractivity contribution in [2.45, 2.75) is 24.1 Å². The number of hydrogen-bond acceptors (Lipinski definition) is 3. The Kier molecular flexibility index (Phi) is 5.92. The van der Waals surface area contributed by atoms with Crippen molar-refractivity contribution in [1.29, 1.82) is 0 Å². The second kappa shape index (κ2) is 6.97. The maximum Gasteiger partial charge on any atom is 0.0741 e. The van der Waals surface area contributed by atoms with Crippen molar-refractivity contribution in [1.82, 2.24) is 0 Å². The van der Waals surface area contributed by atoms with E-state index in [1.165, 1.54) is 0 Å². The van der Waals surface area contributed by atoms with Crippen LogP contribution in [-0.4, -0.2) is 35.1 Å². The fraction of sp³-hybridized carbons (Fsp3) is 0.538. The molecule has 0 amide bonds. The lowest BCUT2D eigenvalue weighted by molar-refractivity contribution is 0.227. The minimum absolute atomic E-state index is 0.0308. The van der Waals surface area contributed by atoms with E-state index in [1.807, 2.05) is 24.3 Å². The molecule has 0 unspecified atom stereocenters. The molecule has 0 aromatic heterocycles. The van der Waals surface area contributed by atoms with Crippen LogP contribution in [0.1, 0.15) is 24.0 Å². The highest BCUT2D eigenvalue weighted by molar-refractivity contribution is 6.24. The first-order valence-corrected chi connectivity index (χ1v) is 6.15. The van der Waals surface area contributed by atoms with Gasteiger partial charge >= 0.3 is 0 Å². The Labute approximate surface area is 107 Å². The van der Waals surface area contributed by atoms with Crippen LogP contribution in [0, 0.1) is 0 Å². The molecular formula is C13H19ClO3. The normalized spacial score (nSPS) is 11.8. The van der Waals surface area contributed by atoms with Gasteiger partial charge in [0.25, 0.3) is 0 Å². The lowest BCUT2D eigenvalue weighted by Gasteiger charge is -2.28. The highest BCUT2D eigenvalue weighted by atomic mass is 35.5. The molecular weight excluding hydrogens is 240 g/mol. The van der Waals surface area contributed by atoms with Crippen LogP contribution >= 0.6 is 11.6 Å². The van der Waals surface area contributed by atoms with Gasteiger partial charge in [-0.1, -0.05) is 24.3 Å². The van der Waals surface area contributed by atoms with E-state index in [4.69, 9.17) is 26.9 Å². The Balaban J connectivity index is 3.08. The molecule has 1 aromatic carbocycles. The lowest BCUT2D eigenvalue weighted by Crippen LogP contribution is -2.24. The summed E-state index contributed by atoms with van der Waals surface area (Å²) in [6.07, 6.45) is 1.30.